The van der Waals surface area contributed by atoms with Crippen molar-refractivity contribution < 1.29 is 9.59 Å². The summed E-state index contributed by atoms with van der Waals surface area (Å²) < 4.78 is 0. The largest absolute Gasteiger partial charge is 0.332 e. The third kappa shape index (κ3) is 3.12. The number of ketones is 1. The van der Waals surface area contributed by atoms with Gasteiger partial charge in [0, 0.05) is 13.0 Å². The molecule has 3 fully saturated rings. The molecule has 1 saturated carbocycles. The van der Waals surface area contributed by atoms with E-state index in [0.717, 1.165) is 30.9 Å². The van der Waals surface area contributed by atoms with E-state index in [1.165, 1.54) is 25.7 Å². The molecule has 1 unspecified atom stereocenters. The lowest BCUT2D eigenvalue weighted by Gasteiger charge is -2.26. The lowest BCUT2D eigenvalue weighted by atomic mass is 10.0. The minimum absolute atomic E-state index is 0.0448. The van der Waals surface area contributed by atoms with Gasteiger partial charge in [-0.2, -0.15) is 15.7 Å². The molecule has 5 heteroatoms. The highest BCUT2D eigenvalue weighted by atomic mass is 32.2. The fourth-order valence-corrected chi connectivity index (χ4v) is 6.25. The maximum Gasteiger partial charge on any atom is 0.223 e. The van der Waals surface area contributed by atoms with Crippen molar-refractivity contribution in [3.63, 3.8) is 0 Å². The highest BCUT2D eigenvalue weighted by molar-refractivity contribution is 8.17. The normalized spacial score (nSPS) is 26.6. The van der Waals surface area contributed by atoms with Gasteiger partial charge in [0.25, 0.3) is 0 Å². The molecule has 0 aromatic carbocycles. The zero-order valence-electron chi connectivity index (χ0n) is 13.1. The summed E-state index contributed by atoms with van der Waals surface area (Å²) in [4.78, 5) is 27.3. The third-order valence-corrected chi connectivity index (χ3v) is 7.64. The molecule has 3 aliphatic rings. The Labute approximate surface area is 134 Å². The highest BCUT2D eigenvalue weighted by Gasteiger charge is 2.39. The van der Waals surface area contributed by atoms with E-state index < -0.39 is 0 Å². The van der Waals surface area contributed by atoms with Gasteiger partial charge < -0.3 is 4.90 Å². The number of carbonyl (C=O) groups excluding carboxylic acids is 2. The molecule has 0 radical (unpaired) electrons. The summed E-state index contributed by atoms with van der Waals surface area (Å²) in [5.41, 5.74) is 0. The van der Waals surface area contributed by atoms with Gasteiger partial charge in [-0.1, -0.05) is 12.8 Å². The maximum atomic E-state index is 12.8. The van der Waals surface area contributed by atoms with Crippen molar-refractivity contribution in [1.29, 1.82) is 5.26 Å². The van der Waals surface area contributed by atoms with Crippen molar-refractivity contribution in [3.05, 3.63) is 0 Å². The number of likely N-dealkylation sites (tertiary alicyclic amines) is 1. The van der Waals surface area contributed by atoms with Crippen LogP contribution in [0.5, 0.6) is 0 Å². The Hall–Kier alpha value is -1.15. The summed E-state index contributed by atoms with van der Waals surface area (Å²) in [7, 11) is -0.153. The van der Waals surface area contributed by atoms with E-state index >= 15 is 0 Å². The molecule has 120 valence electrons. The van der Waals surface area contributed by atoms with E-state index in [2.05, 4.69) is 6.07 Å². The van der Waals surface area contributed by atoms with Crippen LogP contribution in [0.2, 0.25) is 0 Å². The van der Waals surface area contributed by atoms with Crippen molar-refractivity contribution >= 4 is 27.0 Å². The van der Waals surface area contributed by atoms with Crippen LogP contribution in [0.1, 0.15) is 51.4 Å². The van der Waals surface area contributed by atoms with Crippen molar-refractivity contribution in [1.82, 2.24) is 4.90 Å². The van der Waals surface area contributed by atoms with Crippen LogP contribution < -0.4 is 0 Å². The summed E-state index contributed by atoms with van der Waals surface area (Å²) in [5, 5.41) is 9.45. The summed E-state index contributed by atoms with van der Waals surface area (Å²) >= 11 is 0. The van der Waals surface area contributed by atoms with Gasteiger partial charge >= 0.3 is 0 Å². The predicted octanol–water partition coefficient (Wildman–Crippen LogP) is 2.50. The van der Waals surface area contributed by atoms with Gasteiger partial charge in [0.1, 0.15) is 10.9 Å². The van der Waals surface area contributed by atoms with Crippen LogP contribution in [0.15, 0.2) is 0 Å². The second kappa shape index (κ2) is 6.95. The number of hydrogen-bond acceptors (Lipinski definition) is 3. The zero-order chi connectivity index (χ0) is 15.5. The molecule has 2 aliphatic heterocycles. The molecule has 0 N–H and O–H groups in total. The Morgan fingerprint density at radius 3 is 2.50 bits per heavy atom. The summed E-state index contributed by atoms with van der Waals surface area (Å²) in [5.74, 6) is 2.58. The first-order valence-electron chi connectivity index (χ1n) is 8.49. The van der Waals surface area contributed by atoms with Crippen LogP contribution >= 0.6 is 10.5 Å². The molecular formula is C17H24N2O2S. The van der Waals surface area contributed by atoms with Gasteiger partial charge in [-0.25, -0.2) is 0 Å². The first kappa shape index (κ1) is 15.7. The molecule has 1 amide bonds. The Bertz CT molecular complexity index is 535. The fourth-order valence-electron chi connectivity index (χ4n) is 3.98. The lowest BCUT2D eigenvalue weighted by Crippen LogP contribution is -2.43. The van der Waals surface area contributed by atoms with Gasteiger partial charge in [-0.15, -0.1) is 0 Å². The molecular weight excluding hydrogens is 296 g/mol. The summed E-state index contributed by atoms with van der Waals surface area (Å²) in [6.45, 7) is 0.724. The monoisotopic (exact) mass is 320 g/mol. The average Bonchev–Trinajstić information content (AvgIpc) is 3.24. The second-order valence-electron chi connectivity index (χ2n) is 6.66. The van der Waals surface area contributed by atoms with Crippen LogP contribution in [0.25, 0.3) is 0 Å². The van der Waals surface area contributed by atoms with Crippen LogP contribution in [0.3, 0.4) is 0 Å². The SMILES string of the molecule is N#CC(C(=O)C1CCC(=O)N1CC1CCCC1)=S1CCCC1. The molecule has 22 heavy (non-hydrogen) atoms. The molecule has 2 saturated heterocycles. The zero-order valence-corrected chi connectivity index (χ0v) is 13.9. The molecule has 1 atom stereocenters. The molecule has 3 rings (SSSR count). The Morgan fingerprint density at radius 2 is 1.86 bits per heavy atom. The molecule has 0 aromatic rings. The number of rotatable bonds is 4. The van der Waals surface area contributed by atoms with E-state index in [0.29, 0.717) is 23.6 Å². The minimum Gasteiger partial charge on any atom is -0.332 e. The summed E-state index contributed by atoms with van der Waals surface area (Å²) in [6, 6.07) is 1.84. The molecule has 1 aliphatic carbocycles. The van der Waals surface area contributed by atoms with E-state index in [4.69, 9.17) is 0 Å². The van der Waals surface area contributed by atoms with Gasteiger partial charge in [0.2, 0.25) is 11.7 Å². The van der Waals surface area contributed by atoms with Crippen molar-refractivity contribution in [3.8, 4) is 6.07 Å². The average molecular weight is 320 g/mol. The van der Waals surface area contributed by atoms with E-state index in [1.54, 1.807) is 4.90 Å². The molecule has 0 aromatic heterocycles. The second-order valence-corrected chi connectivity index (χ2v) is 8.87. The van der Waals surface area contributed by atoms with Crippen molar-refractivity contribution in [2.45, 2.75) is 57.4 Å². The van der Waals surface area contributed by atoms with E-state index in [-0.39, 0.29) is 28.2 Å². The van der Waals surface area contributed by atoms with Gasteiger partial charge in [0.05, 0.1) is 6.04 Å². The number of Topliss-reactive ketones (excluding diaryl/α,β-unsaturated/α-hetero) is 1. The minimum atomic E-state index is -0.351. The predicted molar refractivity (Wildman–Crippen MR) is 88.9 cm³/mol. The Kier molecular flexibility index (Phi) is 4.97. The highest BCUT2D eigenvalue weighted by Crippen LogP contribution is 2.31. The first-order valence-corrected chi connectivity index (χ1v) is 10.0. The molecule has 4 nitrogen and oxygen atoms in total. The van der Waals surface area contributed by atoms with Crippen molar-refractivity contribution in [2.75, 3.05) is 18.1 Å². The number of nitriles is 1. The Morgan fingerprint density at radius 1 is 1.18 bits per heavy atom. The maximum absolute atomic E-state index is 12.8. The van der Waals surface area contributed by atoms with Crippen LogP contribution in [0.4, 0.5) is 0 Å². The third-order valence-electron chi connectivity index (χ3n) is 5.21. The Balaban J connectivity index is 1.76. The molecule has 2 heterocycles. The molecule has 0 spiro atoms. The number of hydrogen-bond donors (Lipinski definition) is 0. The molecule has 0 bridgehead atoms. The van der Waals surface area contributed by atoms with E-state index in [1.807, 2.05) is 0 Å². The van der Waals surface area contributed by atoms with Gasteiger partial charge in [0.15, 0.2) is 0 Å². The van der Waals surface area contributed by atoms with Crippen LogP contribution in [-0.2, 0) is 9.59 Å². The standard InChI is InChI=1S/C17H24N2O2S/c18-11-15(22-9-3-4-10-22)17(21)14-7-8-16(20)19(14)12-13-5-1-2-6-13/h13-14H,1-10,12H2. The van der Waals surface area contributed by atoms with Gasteiger partial charge in [-0.3, -0.25) is 9.59 Å². The fraction of sp³-hybridized carbons (Fsp3) is 0.765. The smallest absolute Gasteiger partial charge is 0.223 e. The van der Waals surface area contributed by atoms with Gasteiger partial charge in [-0.05, 0) is 49.5 Å². The van der Waals surface area contributed by atoms with Crippen molar-refractivity contribution in [2.24, 2.45) is 5.92 Å². The van der Waals surface area contributed by atoms with Crippen LogP contribution in [-0.4, -0.2) is 45.5 Å². The quantitative estimate of drug-likeness (QED) is 0.748. The number of amides is 1. The van der Waals surface area contributed by atoms with E-state index in [9.17, 15) is 14.9 Å². The number of carbonyl (C=O) groups is 2. The first-order chi connectivity index (χ1) is 10.7. The van der Waals surface area contributed by atoms with Crippen LogP contribution in [0, 0.1) is 17.2 Å². The topological polar surface area (TPSA) is 61.2 Å². The summed E-state index contributed by atoms with van der Waals surface area (Å²) in [6.07, 6.45) is 8.14. The lowest BCUT2D eigenvalue weighted by molar-refractivity contribution is -0.132. The number of nitrogens with zero attached hydrogens (tertiary/aromatic N) is 2.